The molecule has 3 nitrogen and oxygen atoms in total. The highest BCUT2D eigenvalue weighted by atomic mass is 16.1. The summed E-state index contributed by atoms with van der Waals surface area (Å²) in [5, 5.41) is 3.24. The van der Waals surface area contributed by atoms with Crippen LogP contribution in [0.1, 0.15) is 65.2 Å². The highest BCUT2D eigenvalue weighted by Gasteiger charge is 2.32. The number of amides is 1. The van der Waals surface area contributed by atoms with Crippen molar-refractivity contribution >= 4 is 5.91 Å². The van der Waals surface area contributed by atoms with Crippen LogP contribution in [0.3, 0.4) is 0 Å². The molecule has 0 heterocycles. The molecule has 0 bridgehead atoms. The van der Waals surface area contributed by atoms with Crippen molar-refractivity contribution in [1.29, 1.82) is 0 Å². The predicted octanol–water partition coefficient (Wildman–Crippen LogP) is 2.84. The minimum atomic E-state index is 0.277. The highest BCUT2D eigenvalue weighted by Crippen LogP contribution is 2.37. The Balaban J connectivity index is 1.68. The number of nitrogens with two attached hydrogens (primary N) is 1. The predicted molar refractivity (Wildman–Crippen MR) is 78.7 cm³/mol. The quantitative estimate of drug-likeness (QED) is 0.822. The monoisotopic (exact) mass is 266 g/mol. The number of hydrogen-bond donors (Lipinski definition) is 2. The van der Waals surface area contributed by atoms with Gasteiger partial charge in [0.1, 0.15) is 0 Å². The second-order valence-electron chi connectivity index (χ2n) is 7.50. The number of rotatable bonds is 4. The van der Waals surface area contributed by atoms with E-state index in [4.69, 9.17) is 5.73 Å². The van der Waals surface area contributed by atoms with E-state index in [2.05, 4.69) is 19.2 Å². The lowest BCUT2D eigenvalue weighted by atomic mass is 9.80. The first-order valence-electron chi connectivity index (χ1n) is 7.98. The van der Waals surface area contributed by atoms with Crippen LogP contribution in [0.5, 0.6) is 0 Å². The van der Waals surface area contributed by atoms with Crippen molar-refractivity contribution in [1.82, 2.24) is 5.32 Å². The molecule has 2 rings (SSSR count). The Bertz CT molecular complexity index is 306. The van der Waals surface area contributed by atoms with Gasteiger partial charge in [0.2, 0.25) is 5.91 Å². The first-order chi connectivity index (χ1) is 8.98. The SMILES string of the molecule is CC1(C)CCC(NC(=O)CC2CCC(CN)CC2)C1. The van der Waals surface area contributed by atoms with Crippen LogP contribution in [-0.2, 0) is 4.79 Å². The molecule has 1 amide bonds. The van der Waals surface area contributed by atoms with Gasteiger partial charge in [-0.3, -0.25) is 4.79 Å². The van der Waals surface area contributed by atoms with E-state index in [1.54, 1.807) is 0 Å². The van der Waals surface area contributed by atoms with Crippen molar-refractivity contribution in [2.75, 3.05) is 6.54 Å². The Labute approximate surface area is 117 Å². The molecule has 3 heteroatoms. The molecule has 2 saturated carbocycles. The van der Waals surface area contributed by atoms with Crippen LogP contribution in [0.2, 0.25) is 0 Å². The average Bonchev–Trinajstić information content (AvgIpc) is 2.69. The lowest BCUT2D eigenvalue weighted by Crippen LogP contribution is -2.35. The molecule has 3 N–H and O–H groups in total. The van der Waals surface area contributed by atoms with Gasteiger partial charge in [0.15, 0.2) is 0 Å². The molecule has 2 aliphatic rings. The zero-order valence-corrected chi connectivity index (χ0v) is 12.6. The first-order valence-corrected chi connectivity index (χ1v) is 7.98. The van der Waals surface area contributed by atoms with E-state index in [-0.39, 0.29) is 5.91 Å². The number of nitrogens with one attached hydrogen (secondary N) is 1. The number of carbonyl (C=O) groups excluding carboxylic acids is 1. The van der Waals surface area contributed by atoms with Crippen LogP contribution in [0.15, 0.2) is 0 Å². The lowest BCUT2D eigenvalue weighted by Gasteiger charge is -2.27. The van der Waals surface area contributed by atoms with E-state index in [0.717, 1.165) is 25.8 Å². The van der Waals surface area contributed by atoms with Crippen molar-refractivity contribution in [3.05, 3.63) is 0 Å². The second-order valence-corrected chi connectivity index (χ2v) is 7.50. The molecule has 0 radical (unpaired) electrons. The molecule has 1 unspecified atom stereocenters. The molecular weight excluding hydrogens is 236 g/mol. The Kier molecular flexibility index (Phi) is 4.88. The smallest absolute Gasteiger partial charge is 0.220 e. The number of carbonyl (C=O) groups is 1. The van der Waals surface area contributed by atoms with E-state index >= 15 is 0 Å². The molecule has 0 spiro atoms. The molecule has 0 aromatic carbocycles. The molecule has 0 aromatic rings. The minimum absolute atomic E-state index is 0.277. The summed E-state index contributed by atoms with van der Waals surface area (Å²) in [5.74, 6) is 1.58. The van der Waals surface area contributed by atoms with Gasteiger partial charge in [-0.15, -0.1) is 0 Å². The highest BCUT2D eigenvalue weighted by molar-refractivity contribution is 5.76. The van der Waals surface area contributed by atoms with Crippen molar-refractivity contribution in [2.45, 2.75) is 71.3 Å². The van der Waals surface area contributed by atoms with Gasteiger partial charge in [-0.1, -0.05) is 13.8 Å². The summed E-state index contributed by atoms with van der Waals surface area (Å²) in [7, 11) is 0. The molecule has 2 fully saturated rings. The van der Waals surface area contributed by atoms with Gasteiger partial charge in [0, 0.05) is 12.5 Å². The van der Waals surface area contributed by atoms with Gasteiger partial charge in [0.05, 0.1) is 0 Å². The molecule has 2 aliphatic carbocycles. The average molecular weight is 266 g/mol. The van der Waals surface area contributed by atoms with Crippen LogP contribution in [-0.4, -0.2) is 18.5 Å². The molecule has 0 saturated heterocycles. The van der Waals surface area contributed by atoms with Gasteiger partial charge in [-0.2, -0.15) is 0 Å². The topological polar surface area (TPSA) is 55.1 Å². The fourth-order valence-corrected chi connectivity index (χ4v) is 3.78. The van der Waals surface area contributed by atoms with Crippen LogP contribution in [0.25, 0.3) is 0 Å². The normalized spacial score (nSPS) is 34.2. The third kappa shape index (κ3) is 4.48. The van der Waals surface area contributed by atoms with Crippen LogP contribution in [0.4, 0.5) is 0 Å². The van der Waals surface area contributed by atoms with Crippen LogP contribution < -0.4 is 11.1 Å². The summed E-state index contributed by atoms with van der Waals surface area (Å²) in [4.78, 5) is 12.1. The Morgan fingerprint density at radius 3 is 2.32 bits per heavy atom. The van der Waals surface area contributed by atoms with Gasteiger partial charge in [-0.25, -0.2) is 0 Å². The standard InChI is InChI=1S/C16H30N2O/c1-16(2)8-7-14(10-16)18-15(19)9-12-3-5-13(11-17)6-4-12/h12-14H,3-11,17H2,1-2H3,(H,18,19). The van der Waals surface area contributed by atoms with E-state index < -0.39 is 0 Å². The van der Waals surface area contributed by atoms with Crippen LogP contribution in [0, 0.1) is 17.3 Å². The third-order valence-corrected chi connectivity index (χ3v) is 5.11. The van der Waals surface area contributed by atoms with Crippen molar-refractivity contribution in [2.24, 2.45) is 23.0 Å². The van der Waals surface area contributed by atoms with Crippen molar-refractivity contribution < 1.29 is 4.79 Å². The largest absolute Gasteiger partial charge is 0.353 e. The molecule has 0 aliphatic heterocycles. The number of hydrogen-bond acceptors (Lipinski definition) is 2. The zero-order chi connectivity index (χ0) is 13.9. The second kappa shape index (κ2) is 6.25. The maximum absolute atomic E-state index is 12.1. The van der Waals surface area contributed by atoms with Gasteiger partial charge in [0.25, 0.3) is 0 Å². The third-order valence-electron chi connectivity index (χ3n) is 5.11. The fourth-order valence-electron chi connectivity index (χ4n) is 3.78. The Hall–Kier alpha value is -0.570. The molecule has 1 atom stereocenters. The Morgan fingerprint density at radius 2 is 1.79 bits per heavy atom. The summed E-state index contributed by atoms with van der Waals surface area (Å²) >= 11 is 0. The molecule has 110 valence electrons. The van der Waals surface area contributed by atoms with E-state index in [1.165, 1.54) is 32.1 Å². The molecule has 19 heavy (non-hydrogen) atoms. The Morgan fingerprint density at radius 1 is 1.16 bits per heavy atom. The van der Waals surface area contributed by atoms with Gasteiger partial charge < -0.3 is 11.1 Å². The first kappa shape index (κ1) is 14.8. The van der Waals surface area contributed by atoms with Crippen molar-refractivity contribution in [3.63, 3.8) is 0 Å². The maximum atomic E-state index is 12.1. The minimum Gasteiger partial charge on any atom is -0.353 e. The summed E-state index contributed by atoms with van der Waals surface area (Å²) in [6.45, 7) is 5.41. The molecular formula is C16H30N2O. The summed E-state index contributed by atoms with van der Waals surface area (Å²) < 4.78 is 0. The maximum Gasteiger partial charge on any atom is 0.220 e. The lowest BCUT2D eigenvalue weighted by molar-refractivity contribution is -0.123. The van der Waals surface area contributed by atoms with E-state index in [1.807, 2.05) is 0 Å². The van der Waals surface area contributed by atoms with Gasteiger partial charge in [-0.05, 0) is 68.7 Å². The fraction of sp³-hybridized carbons (Fsp3) is 0.938. The van der Waals surface area contributed by atoms with Crippen molar-refractivity contribution in [3.8, 4) is 0 Å². The zero-order valence-electron chi connectivity index (χ0n) is 12.6. The van der Waals surface area contributed by atoms with Gasteiger partial charge >= 0.3 is 0 Å². The van der Waals surface area contributed by atoms with E-state index in [9.17, 15) is 4.79 Å². The summed E-state index contributed by atoms with van der Waals surface area (Å²) in [6.07, 6.45) is 9.05. The summed E-state index contributed by atoms with van der Waals surface area (Å²) in [6, 6.07) is 0.419. The summed E-state index contributed by atoms with van der Waals surface area (Å²) in [5.41, 5.74) is 6.12. The van der Waals surface area contributed by atoms with Crippen LogP contribution >= 0.6 is 0 Å². The molecule has 0 aromatic heterocycles. The van der Waals surface area contributed by atoms with E-state index in [0.29, 0.717) is 23.3 Å².